The van der Waals surface area contributed by atoms with Gasteiger partial charge in [-0.3, -0.25) is 4.79 Å². The summed E-state index contributed by atoms with van der Waals surface area (Å²) in [7, 11) is -0.0805. The van der Waals surface area contributed by atoms with E-state index in [1.165, 1.54) is 10.4 Å². The summed E-state index contributed by atoms with van der Waals surface area (Å²) < 4.78 is 32.4. The zero-order valence-corrected chi connectivity index (χ0v) is 16.2. The van der Waals surface area contributed by atoms with E-state index in [1.807, 2.05) is 7.05 Å². The summed E-state index contributed by atoms with van der Waals surface area (Å²) >= 11 is 0. The second kappa shape index (κ2) is 8.04. The molecule has 0 spiro atoms. The minimum Gasteiger partial charge on any atom is -0.380 e. The monoisotopic (exact) mass is 381 g/mol. The van der Waals surface area contributed by atoms with Crippen molar-refractivity contribution >= 4 is 15.9 Å². The first-order valence-electron chi connectivity index (χ1n) is 9.05. The number of ether oxygens (including phenoxy) is 1. The molecule has 144 valence electrons. The maximum Gasteiger partial charge on any atom is 0.253 e. The van der Waals surface area contributed by atoms with Gasteiger partial charge in [-0.25, -0.2) is 8.42 Å². The lowest BCUT2D eigenvalue weighted by Gasteiger charge is -2.32. The largest absolute Gasteiger partial charge is 0.380 e. The Labute approximate surface area is 155 Å². The van der Waals surface area contributed by atoms with Crippen molar-refractivity contribution in [2.45, 2.75) is 36.3 Å². The van der Waals surface area contributed by atoms with Gasteiger partial charge in [-0.2, -0.15) is 4.31 Å². The number of piperidine rings is 1. The molecule has 1 atom stereocenters. The molecular weight excluding hydrogens is 354 g/mol. The lowest BCUT2D eigenvalue weighted by atomic mass is 10.0. The fraction of sp³-hybridized carbons (Fsp3) is 0.611. The van der Waals surface area contributed by atoms with E-state index in [2.05, 4.69) is 5.32 Å². The van der Waals surface area contributed by atoms with E-state index in [1.54, 1.807) is 30.2 Å². The van der Waals surface area contributed by atoms with E-state index in [9.17, 15) is 13.2 Å². The molecule has 0 aliphatic carbocycles. The number of carbonyl (C=O) groups is 1. The molecule has 1 aromatic carbocycles. The summed E-state index contributed by atoms with van der Waals surface area (Å²) in [4.78, 5) is 14.7. The number of sulfonamides is 1. The van der Waals surface area contributed by atoms with Gasteiger partial charge in [-0.05, 0) is 44.5 Å². The van der Waals surface area contributed by atoms with Crippen LogP contribution >= 0.6 is 0 Å². The Balaban J connectivity index is 1.75. The van der Waals surface area contributed by atoms with Gasteiger partial charge >= 0.3 is 0 Å². The average molecular weight is 381 g/mol. The number of methoxy groups -OCH3 is 1. The van der Waals surface area contributed by atoms with Crippen LogP contribution in [0.5, 0.6) is 0 Å². The highest BCUT2D eigenvalue weighted by Crippen LogP contribution is 2.24. The van der Waals surface area contributed by atoms with E-state index in [-0.39, 0.29) is 16.9 Å². The molecule has 26 heavy (non-hydrogen) atoms. The second-order valence-corrected chi connectivity index (χ2v) is 8.83. The fourth-order valence-corrected chi connectivity index (χ4v) is 5.13. The summed E-state index contributed by atoms with van der Waals surface area (Å²) in [6.07, 6.45) is 2.44. The van der Waals surface area contributed by atoms with Crippen LogP contribution in [-0.4, -0.2) is 76.0 Å². The van der Waals surface area contributed by atoms with Crippen molar-refractivity contribution in [3.05, 3.63) is 29.8 Å². The molecule has 2 heterocycles. The minimum absolute atomic E-state index is 0.0666. The number of rotatable bonds is 5. The molecule has 1 N–H and O–H groups in total. The molecule has 2 aliphatic rings. The van der Waals surface area contributed by atoms with Gasteiger partial charge in [0.05, 0.1) is 11.0 Å². The average Bonchev–Trinajstić information content (AvgIpc) is 3.18. The van der Waals surface area contributed by atoms with Crippen molar-refractivity contribution < 1.29 is 17.9 Å². The zero-order chi connectivity index (χ0) is 18.7. The first kappa shape index (κ1) is 19.3. The predicted molar refractivity (Wildman–Crippen MR) is 98.6 cm³/mol. The number of hydrogen-bond acceptors (Lipinski definition) is 5. The third-order valence-electron chi connectivity index (χ3n) is 5.35. The molecule has 1 amide bonds. The molecule has 2 saturated heterocycles. The molecule has 0 aromatic heterocycles. The van der Waals surface area contributed by atoms with Crippen LogP contribution in [0.15, 0.2) is 29.2 Å². The Morgan fingerprint density at radius 2 is 1.92 bits per heavy atom. The number of hydrogen-bond donors (Lipinski definition) is 1. The summed E-state index contributed by atoms with van der Waals surface area (Å²) in [5.74, 6) is -0.104. The first-order valence-corrected chi connectivity index (χ1v) is 10.5. The second-order valence-electron chi connectivity index (χ2n) is 6.89. The predicted octanol–water partition coefficient (Wildman–Crippen LogP) is 0.920. The van der Waals surface area contributed by atoms with Crippen LogP contribution in [0.2, 0.25) is 0 Å². The van der Waals surface area contributed by atoms with Crippen LogP contribution in [0.4, 0.5) is 0 Å². The Bertz CT molecular complexity index is 745. The molecule has 0 radical (unpaired) electrons. The standard InChI is InChI=1S/C18H27N3O4S/c1-19-15-6-9-20(10-7-15)18(22)14-4-3-5-17(12-14)26(23,24)21-11-8-16(13-21)25-2/h3-5,12,15-16,19H,6-11,13H2,1-2H3/t16-/m1/s1. The highest BCUT2D eigenvalue weighted by molar-refractivity contribution is 7.89. The van der Waals surface area contributed by atoms with Crippen LogP contribution in [0.1, 0.15) is 29.6 Å². The highest BCUT2D eigenvalue weighted by Gasteiger charge is 2.33. The highest BCUT2D eigenvalue weighted by atomic mass is 32.2. The number of benzene rings is 1. The topological polar surface area (TPSA) is 79.0 Å². The van der Waals surface area contributed by atoms with Crippen molar-refractivity contribution in [2.24, 2.45) is 0 Å². The van der Waals surface area contributed by atoms with Crippen molar-refractivity contribution in [1.82, 2.24) is 14.5 Å². The van der Waals surface area contributed by atoms with Gasteiger partial charge in [0.25, 0.3) is 5.91 Å². The minimum atomic E-state index is -3.61. The third-order valence-corrected chi connectivity index (χ3v) is 7.21. The van der Waals surface area contributed by atoms with Crippen LogP contribution in [0.3, 0.4) is 0 Å². The number of nitrogens with zero attached hydrogens (tertiary/aromatic N) is 2. The van der Waals surface area contributed by atoms with Gasteiger partial charge in [0.2, 0.25) is 10.0 Å². The van der Waals surface area contributed by atoms with E-state index >= 15 is 0 Å². The Kier molecular flexibility index (Phi) is 5.96. The van der Waals surface area contributed by atoms with Gasteiger partial charge in [0.1, 0.15) is 0 Å². The van der Waals surface area contributed by atoms with Crippen molar-refractivity contribution in [2.75, 3.05) is 40.3 Å². The van der Waals surface area contributed by atoms with Crippen LogP contribution in [-0.2, 0) is 14.8 Å². The summed E-state index contributed by atoms with van der Waals surface area (Å²) in [5, 5.41) is 3.24. The Hall–Kier alpha value is -1.48. The molecule has 0 unspecified atom stereocenters. The molecular formula is C18H27N3O4S. The van der Waals surface area contributed by atoms with Gasteiger partial charge in [-0.15, -0.1) is 0 Å². The molecule has 7 nitrogen and oxygen atoms in total. The third kappa shape index (κ3) is 3.93. The lowest BCUT2D eigenvalue weighted by molar-refractivity contribution is 0.0707. The quantitative estimate of drug-likeness (QED) is 0.821. The number of likely N-dealkylation sites (tertiary alicyclic amines) is 1. The maximum atomic E-state index is 12.9. The molecule has 2 fully saturated rings. The van der Waals surface area contributed by atoms with Gasteiger partial charge in [-0.1, -0.05) is 6.07 Å². The first-order chi connectivity index (χ1) is 12.5. The van der Waals surface area contributed by atoms with Crippen molar-refractivity contribution in [3.8, 4) is 0 Å². The molecule has 0 bridgehead atoms. The normalized spacial score (nSPS) is 22.7. The van der Waals surface area contributed by atoms with Gasteiger partial charge in [0, 0.05) is 44.9 Å². The summed E-state index contributed by atoms with van der Waals surface area (Å²) in [5.41, 5.74) is 0.427. The van der Waals surface area contributed by atoms with Crippen LogP contribution in [0, 0.1) is 0 Å². The maximum absolute atomic E-state index is 12.9. The zero-order valence-electron chi connectivity index (χ0n) is 15.3. The number of carbonyl (C=O) groups excluding carboxylic acids is 1. The lowest BCUT2D eigenvalue weighted by Crippen LogP contribution is -2.44. The summed E-state index contributed by atoms with van der Waals surface area (Å²) in [6, 6.07) is 6.83. The van der Waals surface area contributed by atoms with E-state index in [0.29, 0.717) is 44.2 Å². The molecule has 2 aliphatic heterocycles. The molecule has 8 heteroatoms. The SMILES string of the molecule is CNC1CCN(C(=O)c2cccc(S(=O)(=O)N3CC[C@@H](OC)C3)c2)CC1. The van der Waals surface area contributed by atoms with Gasteiger partial charge in [0.15, 0.2) is 0 Å². The smallest absolute Gasteiger partial charge is 0.253 e. The van der Waals surface area contributed by atoms with E-state index in [4.69, 9.17) is 4.74 Å². The van der Waals surface area contributed by atoms with Crippen molar-refractivity contribution in [3.63, 3.8) is 0 Å². The van der Waals surface area contributed by atoms with Gasteiger partial charge < -0.3 is 15.0 Å². The number of amides is 1. The summed E-state index contributed by atoms with van der Waals surface area (Å²) in [6.45, 7) is 2.16. The van der Waals surface area contributed by atoms with Crippen molar-refractivity contribution in [1.29, 1.82) is 0 Å². The fourth-order valence-electron chi connectivity index (χ4n) is 3.60. The Morgan fingerprint density at radius 1 is 1.19 bits per heavy atom. The Morgan fingerprint density at radius 3 is 2.54 bits per heavy atom. The molecule has 3 rings (SSSR count). The van der Waals surface area contributed by atoms with E-state index in [0.717, 1.165) is 12.8 Å². The molecule has 0 saturated carbocycles. The number of nitrogens with one attached hydrogen (secondary N) is 1. The van der Waals surface area contributed by atoms with Crippen LogP contribution in [0.25, 0.3) is 0 Å². The molecule has 1 aromatic rings. The van der Waals surface area contributed by atoms with Crippen LogP contribution < -0.4 is 5.32 Å². The van der Waals surface area contributed by atoms with E-state index < -0.39 is 10.0 Å².